The Labute approximate surface area is 225 Å². The van der Waals surface area contributed by atoms with Gasteiger partial charge in [0.2, 0.25) is 0 Å². The molecule has 5 rings (SSSR count). The number of morpholine rings is 1. The lowest BCUT2D eigenvalue weighted by Gasteiger charge is -2.27. The molecule has 1 saturated heterocycles. The second-order valence-electron chi connectivity index (χ2n) is 9.53. The summed E-state index contributed by atoms with van der Waals surface area (Å²) in [4.78, 5) is 7.60. The second kappa shape index (κ2) is 12.6. The molecular formula is C29H37ClN4O3. The van der Waals surface area contributed by atoms with Gasteiger partial charge in [-0.15, -0.1) is 12.4 Å². The maximum absolute atomic E-state index is 5.74. The molecule has 0 amide bonds. The number of ether oxygens (including phenoxy) is 2. The average molecular weight is 525 g/mol. The van der Waals surface area contributed by atoms with Crippen molar-refractivity contribution in [2.24, 2.45) is 0 Å². The molecule has 4 aromatic rings. The second-order valence-corrected chi connectivity index (χ2v) is 9.53. The molecule has 0 spiro atoms. The molecule has 37 heavy (non-hydrogen) atoms. The highest BCUT2D eigenvalue weighted by atomic mass is 35.5. The number of hydrogen-bond acceptors (Lipinski definition) is 6. The number of halogens is 1. The van der Waals surface area contributed by atoms with Gasteiger partial charge in [0.15, 0.2) is 0 Å². The van der Waals surface area contributed by atoms with Gasteiger partial charge in [0.25, 0.3) is 0 Å². The Hall–Kier alpha value is -2.87. The van der Waals surface area contributed by atoms with Crippen molar-refractivity contribution in [2.75, 3.05) is 39.5 Å². The summed E-state index contributed by atoms with van der Waals surface area (Å²) in [6.07, 6.45) is 2.83. The minimum absolute atomic E-state index is 0. The molecule has 1 aliphatic heterocycles. The minimum Gasteiger partial charge on any atom is -0.494 e. The van der Waals surface area contributed by atoms with Gasteiger partial charge in [0.1, 0.15) is 17.3 Å². The topological polar surface area (TPSA) is 65.6 Å². The lowest BCUT2D eigenvalue weighted by atomic mass is 10.0. The lowest BCUT2D eigenvalue weighted by Crippen LogP contribution is -2.38. The van der Waals surface area contributed by atoms with Crippen molar-refractivity contribution in [3.63, 3.8) is 0 Å². The Kier molecular flexibility index (Phi) is 9.24. The van der Waals surface area contributed by atoms with Crippen molar-refractivity contribution in [1.29, 1.82) is 0 Å². The van der Waals surface area contributed by atoms with Gasteiger partial charge in [0, 0.05) is 38.2 Å². The third-order valence-corrected chi connectivity index (χ3v) is 6.93. The van der Waals surface area contributed by atoms with Gasteiger partial charge in [-0.2, -0.15) is 0 Å². The van der Waals surface area contributed by atoms with Crippen LogP contribution in [0.5, 0.6) is 5.75 Å². The summed E-state index contributed by atoms with van der Waals surface area (Å²) in [5.74, 6) is 2.90. The molecule has 0 saturated carbocycles. The zero-order chi connectivity index (χ0) is 24.9. The molecule has 1 fully saturated rings. The van der Waals surface area contributed by atoms with Gasteiger partial charge in [-0.1, -0.05) is 30.3 Å². The van der Waals surface area contributed by atoms with Crippen LogP contribution >= 0.6 is 12.4 Å². The van der Waals surface area contributed by atoms with Crippen molar-refractivity contribution in [1.82, 2.24) is 19.6 Å². The van der Waals surface area contributed by atoms with E-state index in [1.54, 1.807) is 0 Å². The number of imidazole rings is 1. The van der Waals surface area contributed by atoms with Crippen LogP contribution in [0.25, 0.3) is 22.2 Å². The number of benzene rings is 2. The third kappa shape index (κ3) is 6.35. The average Bonchev–Trinajstić information content (AvgIpc) is 3.43. The van der Waals surface area contributed by atoms with E-state index in [9.17, 15) is 0 Å². The Bertz CT molecular complexity index is 1270. The molecular weight excluding hydrogens is 488 g/mol. The molecule has 0 unspecified atom stereocenters. The standard InChI is InChI=1S/C29H36N4O3.ClH/c1-4-17-35-25-9-5-23(6-10-25)7-12-28-30-26-20-24(29-21(2)31-36-22(29)3)8-11-27(26)33(28)14-13-32-15-18-34-19-16-32;/h5-6,8-11,20H,4,7,12-19H2,1-3H3;1H. The summed E-state index contributed by atoms with van der Waals surface area (Å²) in [5.41, 5.74) is 6.56. The van der Waals surface area contributed by atoms with Gasteiger partial charge in [-0.3, -0.25) is 4.90 Å². The monoisotopic (exact) mass is 524 g/mol. The maximum atomic E-state index is 5.74. The number of hydrogen-bond donors (Lipinski definition) is 0. The van der Waals surface area contributed by atoms with Crippen LogP contribution < -0.4 is 4.74 Å². The van der Waals surface area contributed by atoms with E-state index in [2.05, 4.69) is 64.0 Å². The number of aromatic nitrogens is 3. The maximum Gasteiger partial charge on any atom is 0.141 e. The number of aryl methyl sites for hydroxylation is 4. The van der Waals surface area contributed by atoms with Crippen LogP contribution in [0, 0.1) is 13.8 Å². The van der Waals surface area contributed by atoms with Gasteiger partial charge in [-0.05, 0) is 62.1 Å². The van der Waals surface area contributed by atoms with Gasteiger partial charge >= 0.3 is 0 Å². The van der Waals surface area contributed by atoms with Crippen LogP contribution in [0.15, 0.2) is 47.0 Å². The fraction of sp³-hybridized carbons (Fsp3) is 0.448. The summed E-state index contributed by atoms with van der Waals surface area (Å²) in [5, 5.41) is 4.14. The number of nitrogens with zero attached hydrogens (tertiary/aromatic N) is 4. The van der Waals surface area contributed by atoms with E-state index in [4.69, 9.17) is 19.0 Å². The van der Waals surface area contributed by atoms with E-state index in [1.807, 2.05) is 13.8 Å². The van der Waals surface area contributed by atoms with Crippen LogP contribution in [0.1, 0.15) is 36.2 Å². The molecule has 0 bridgehead atoms. The summed E-state index contributed by atoms with van der Waals surface area (Å²) >= 11 is 0. The molecule has 2 aromatic carbocycles. The molecule has 3 heterocycles. The van der Waals surface area contributed by atoms with Gasteiger partial charge in [-0.25, -0.2) is 4.98 Å². The molecule has 8 heteroatoms. The van der Waals surface area contributed by atoms with Crippen molar-refractivity contribution >= 4 is 23.4 Å². The Morgan fingerprint density at radius 2 is 1.76 bits per heavy atom. The summed E-state index contributed by atoms with van der Waals surface area (Å²) in [6, 6.07) is 15.0. The van der Waals surface area contributed by atoms with E-state index in [1.165, 1.54) is 11.1 Å². The fourth-order valence-corrected chi connectivity index (χ4v) is 4.97. The van der Waals surface area contributed by atoms with E-state index >= 15 is 0 Å². The van der Waals surface area contributed by atoms with Crippen LogP contribution in [0.3, 0.4) is 0 Å². The number of rotatable bonds is 10. The van der Waals surface area contributed by atoms with Crippen molar-refractivity contribution in [3.8, 4) is 16.9 Å². The smallest absolute Gasteiger partial charge is 0.141 e. The molecule has 1 aliphatic rings. The van der Waals surface area contributed by atoms with E-state index < -0.39 is 0 Å². The van der Waals surface area contributed by atoms with Crippen molar-refractivity contribution < 1.29 is 14.0 Å². The summed E-state index contributed by atoms with van der Waals surface area (Å²) in [7, 11) is 0. The zero-order valence-corrected chi connectivity index (χ0v) is 22.9. The Morgan fingerprint density at radius 3 is 2.46 bits per heavy atom. The Morgan fingerprint density at radius 1 is 0.973 bits per heavy atom. The Balaban J connectivity index is 0.00000320. The quantitative estimate of drug-likeness (QED) is 0.267. The highest BCUT2D eigenvalue weighted by Gasteiger charge is 2.17. The highest BCUT2D eigenvalue weighted by molar-refractivity contribution is 5.85. The number of fused-ring (bicyclic) bond motifs is 1. The minimum atomic E-state index is 0. The highest BCUT2D eigenvalue weighted by Crippen LogP contribution is 2.30. The predicted molar refractivity (Wildman–Crippen MR) is 149 cm³/mol. The molecule has 7 nitrogen and oxygen atoms in total. The lowest BCUT2D eigenvalue weighted by molar-refractivity contribution is 0.0364. The molecule has 198 valence electrons. The fourth-order valence-electron chi connectivity index (χ4n) is 4.97. The molecule has 2 aromatic heterocycles. The summed E-state index contributed by atoms with van der Waals surface area (Å²) < 4.78 is 19.1. The first kappa shape index (κ1) is 27.2. The summed E-state index contributed by atoms with van der Waals surface area (Å²) in [6.45, 7) is 12.4. The molecule has 0 aliphatic carbocycles. The van der Waals surface area contributed by atoms with E-state index in [0.29, 0.717) is 0 Å². The van der Waals surface area contributed by atoms with Crippen LogP contribution in [-0.2, 0) is 24.1 Å². The van der Waals surface area contributed by atoms with Crippen molar-refractivity contribution in [3.05, 3.63) is 65.3 Å². The first-order valence-electron chi connectivity index (χ1n) is 13.1. The van der Waals surface area contributed by atoms with Crippen LogP contribution in [0.4, 0.5) is 0 Å². The third-order valence-electron chi connectivity index (χ3n) is 6.93. The SMILES string of the molecule is CCCOc1ccc(CCc2nc3cc(-c4c(C)noc4C)ccc3n2CCN2CCOCC2)cc1.Cl. The van der Waals surface area contributed by atoms with E-state index in [-0.39, 0.29) is 12.4 Å². The van der Waals surface area contributed by atoms with Crippen LogP contribution in [0.2, 0.25) is 0 Å². The first-order valence-corrected chi connectivity index (χ1v) is 13.1. The molecule has 0 radical (unpaired) electrons. The predicted octanol–water partition coefficient (Wildman–Crippen LogP) is 5.64. The van der Waals surface area contributed by atoms with E-state index in [0.717, 1.165) is 105 Å². The van der Waals surface area contributed by atoms with Crippen molar-refractivity contribution in [2.45, 2.75) is 46.6 Å². The zero-order valence-electron chi connectivity index (χ0n) is 22.0. The normalized spacial score (nSPS) is 14.1. The largest absolute Gasteiger partial charge is 0.494 e. The van der Waals surface area contributed by atoms with Gasteiger partial charge in [0.05, 0.1) is 36.5 Å². The van der Waals surface area contributed by atoms with Crippen LogP contribution in [-0.4, -0.2) is 59.1 Å². The first-order chi connectivity index (χ1) is 17.6. The van der Waals surface area contributed by atoms with Gasteiger partial charge < -0.3 is 18.6 Å². The molecule has 0 atom stereocenters. The molecule has 0 N–H and O–H groups in total.